The Morgan fingerprint density at radius 1 is 1.32 bits per heavy atom. The predicted molar refractivity (Wildman–Crippen MR) is 76.5 cm³/mol. The van der Waals surface area contributed by atoms with Crippen molar-refractivity contribution in [2.75, 3.05) is 5.32 Å². The second-order valence-corrected chi connectivity index (χ2v) is 5.39. The van der Waals surface area contributed by atoms with Crippen LogP contribution in [0.3, 0.4) is 0 Å². The summed E-state index contributed by atoms with van der Waals surface area (Å²) in [5, 5.41) is 12.6. The lowest BCUT2D eigenvalue weighted by Crippen LogP contribution is -2.15. The van der Waals surface area contributed by atoms with E-state index in [4.69, 9.17) is 11.6 Å². The van der Waals surface area contributed by atoms with Crippen molar-refractivity contribution in [2.45, 2.75) is 39.3 Å². The van der Waals surface area contributed by atoms with Crippen molar-refractivity contribution in [3.63, 3.8) is 0 Å². The summed E-state index contributed by atoms with van der Waals surface area (Å²) in [4.78, 5) is 0. The molecule has 0 atom stereocenters. The molecule has 0 unspecified atom stereocenters. The Kier molecular flexibility index (Phi) is 3.42. The summed E-state index contributed by atoms with van der Waals surface area (Å²) in [7, 11) is 0. The molecule has 1 aromatic heterocycles. The van der Waals surface area contributed by atoms with Crippen molar-refractivity contribution in [3.8, 4) is 0 Å². The summed E-state index contributed by atoms with van der Waals surface area (Å²) in [6, 6.07) is 6.02. The monoisotopic (exact) mass is 276 g/mol. The Bertz CT molecular complexity index is 591. The lowest BCUT2D eigenvalue weighted by Gasteiger charge is -2.15. The molecular weight excluding hydrogens is 260 g/mol. The van der Waals surface area contributed by atoms with Crippen molar-refractivity contribution < 1.29 is 0 Å². The van der Waals surface area contributed by atoms with Crippen LogP contribution in [-0.2, 0) is 19.5 Å². The highest BCUT2D eigenvalue weighted by atomic mass is 35.5. The summed E-state index contributed by atoms with van der Waals surface area (Å²) >= 11 is 6.21. The van der Waals surface area contributed by atoms with E-state index in [1.54, 1.807) is 0 Å². The van der Waals surface area contributed by atoms with Crippen molar-refractivity contribution >= 4 is 17.3 Å². The molecule has 2 aromatic rings. The van der Waals surface area contributed by atoms with E-state index >= 15 is 0 Å². The summed E-state index contributed by atoms with van der Waals surface area (Å²) in [6.07, 6.45) is 3.47. The van der Waals surface area contributed by atoms with Crippen LogP contribution in [-0.4, -0.2) is 14.8 Å². The van der Waals surface area contributed by atoms with Gasteiger partial charge in [0, 0.05) is 13.0 Å². The standard InChI is InChI=1S/C14H17ClN4/c1-10-5-6-12(11(15)8-10)16-9-14-18-17-13-4-2-3-7-19(13)14/h5-6,8,16H,2-4,7,9H2,1H3. The molecule has 1 aliphatic heterocycles. The number of halogens is 1. The maximum atomic E-state index is 6.21. The van der Waals surface area contributed by atoms with E-state index in [0.717, 1.165) is 40.9 Å². The molecule has 19 heavy (non-hydrogen) atoms. The number of rotatable bonds is 3. The molecule has 0 saturated carbocycles. The largest absolute Gasteiger partial charge is 0.377 e. The lowest BCUT2D eigenvalue weighted by molar-refractivity contribution is 0.510. The highest BCUT2D eigenvalue weighted by Crippen LogP contribution is 2.23. The van der Waals surface area contributed by atoms with E-state index in [-0.39, 0.29) is 0 Å². The predicted octanol–water partition coefficient (Wildman–Crippen LogP) is 3.19. The summed E-state index contributed by atoms with van der Waals surface area (Å²) in [5.74, 6) is 2.10. The summed E-state index contributed by atoms with van der Waals surface area (Å²) < 4.78 is 2.22. The number of anilines is 1. The molecular formula is C14H17ClN4. The molecule has 0 saturated heterocycles. The van der Waals surface area contributed by atoms with Gasteiger partial charge >= 0.3 is 0 Å². The van der Waals surface area contributed by atoms with E-state index < -0.39 is 0 Å². The first kappa shape index (κ1) is 12.5. The average Bonchev–Trinajstić information content (AvgIpc) is 2.81. The first-order valence-corrected chi connectivity index (χ1v) is 7.03. The Balaban J connectivity index is 1.74. The number of benzene rings is 1. The van der Waals surface area contributed by atoms with Crippen LogP contribution in [0.4, 0.5) is 5.69 Å². The van der Waals surface area contributed by atoms with Gasteiger partial charge in [0.1, 0.15) is 5.82 Å². The molecule has 1 aromatic carbocycles. The topological polar surface area (TPSA) is 42.7 Å². The molecule has 0 bridgehead atoms. The second-order valence-electron chi connectivity index (χ2n) is 4.98. The van der Waals surface area contributed by atoms with Gasteiger partial charge < -0.3 is 9.88 Å². The van der Waals surface area contributed by atoms with Gasteiger partial charge in [-0.15, -0.1) is 10.2 Å². The van der Waals surface area contributed by atoms with Crippen LogP contribution in [0.5, 0.6) is 0 Å². The van der Waals surface area contributed by atoms with Crippen LogP contribution < -0.4 is 5.32 Å². The van der Waals surface area contributed by atoms with E-state index in [9.17, 15) is 0 Å². The smallest absolute Gasteiger partial charge is 0.152 e. The van der Waals surface area contributed by atoms with Crippen LogP contribution >= 0.6 is 11.6 Å². The molecule has 0 aliphatic carbocycles. The molecule has 100 valence electrons. The fourth-order valence-electron chi connectivity index (χ4n) is 2.44. The quantitative estimate of drug-likeness (QED) is 0.936. The average molecular weight is 277 g/mol. The number of hydrogen-bond acceptors (Lipinski definition) is 3. The molecule has 0 fully saturated rings. The summed E-state index contributed by atoms with van der Waals surface area (Å²) in [5.41, 5.74) is 2.11. The van der Waals surface area contributed by atoms with Crippen molar-refractivity contribution in [2.24, 2.45) is 0 Å². The molecule has 0 spiro atoms. The zero-order valence-corrected chi connectivity index (χ0v) is 11.7. The highest BCUT2D eigenvalue weighted by molar-refractivity contribution is 6.33. The van der Waals surface area contributed by atoms with Crippen molar-refractivity contribution in [1.29, 1.82) is 0 Å². The van der Waals surface area contributed by atoms with E-state index in [1.165, 1.54) is 12.8 Å². The fraction of sp³-hybridized carbons (Fsp3) is 0.429. The third-order valence-electron chi connectivity index (χ3n) is 3.50. The number of aryl methyl sites for hydroxylation is 2. The minimum absolute atomic E-state index is 0.662. The second kappa shape index (κ2) is 5.21. The molecule has 1 N–H and O–H groups in total. The Morgan fingerprint density at radius 3 is 3.05 bits per heavy atom. The van der Waals surface area contributed by atoms with Gasteiger partial charge in [0.25, 0.3) is 0 Å². The van der Waals surface area contributed by atoms with Gasteiger partial charge in [0.2, 0.25) is 0 Å². The van der Waals surface area contributed by atoms with Gasteiger partial charge in [0.05, 0.1) is 17.3 Å². The van der Waals surface area contributed by atoms with Crippen LogP contribution in [0.2, 0.25) is 5.02 Å². The normalized spacial score (nSPS) is 14.2. The van der Waals surface area contributed by atoms with Crippen LogP contribution in [0.25, 0.3) is 0 Å². The van der Waals surface area contributed by atoms with Gasteiger partial charge in [-0.25, -0.2) is 0 Å². The molecule has 0 amide bonds. The van der Waals surface area contributed by atoms with E-state index in [2.05, 4.69) is 20.1 Å². The van der Waals surface area contributed by atoms with Crippen LogP contribution in [0.15, 0.2) is 18.2 Å². The molecule has 3 rings (SSSR count). The van der Waals surface area contributed by atoms with Gasteiger partial charge in [-0.1, -0.05) is 17.7 Å². The van der Waals surface area contributed by atoms with E-state index in [0.29, 0.717) is 6.54 Å². The number of hydrogen-bond donors (Lipinski definition) is 1. The minimum atomic E-state index is 0.662. The zero-order valence-electron chi connectivity index (χ0n) is 11.0. The van der Waals surface area contributed by atoms with Gasteiger partial charge in [-0.3, -0.25) is 0 Å². The van der Waals surface area contributed by atoms with Gasteiger partial charge in [0.15, 0.2) is 5.82 Å². The molecule has 2 heterocycles. The fourth-order valence-corrected chi connectivity index (χ4v) is 2.74. The SMILES string of the molecule is Cc1ccc(NCc2nnc3n2CCCC3)c(Cl)c1. The number of fused-ring (bicyclic) bond motifs is 1. The molecule has 5 heteroatoms. The Hall–Kier alpha value is -1.55. The third kappa shape index (κ3) is 2.59. The van der Waals surface area contributed by atoms with Crippen LogP contribution in [0.1, 0.15) is 30.1 Å². The van der Waals surface area contributed by atoms with Crippen molar-refractivity contribution in [3.05, 3.63) is 40.4 Å². The first-order chi connectivity index (χ1) is 9.24. The maximum absolute atomic E-state index is 6.21. The third-order valence-corrected chi connectivity index (χ3v) is 3.81. The maximum Gasteiger partial charge on any atom is 0.152 e. The van der Waals surface area contributed by atoms with E-state index in [1.807, 2.05) is 25.1 Å². The highest BCUT2D eigenvalue weighted by Gasteiger charge is 2.15. The molecule has 1 aliphatic rings. The molecule has 4 nitrogen and oxygen atoms in total. The molecule has 0 radical (unpaired) electrons. The number of aromatic nitrogens is 3. The van der Waals surface area contributed by atoms with Crippen LogP contribution in [0, 0.1) is 6.92 Å². The minimum Gasteiger partial charge on any atom is -0.377 e. The Labute approximate surface area is 117 Å². The lowest BCUT2D eigenvalue weighted by atomic mass is 10.1. The van der Waals surface area contributed by atoms with Gasteiger partial charge in [-0.05, 0) is 37.5 Å². The Morgan fingerprint density at radius 2 is 2.21 bits per heavy atom. The van der Waals surface area contributed by atoms with Crippen molar-refractivity contribution in [1.82, 2.24) is 14.8 Å². The number of nitrogens with one attached hydrogen (secondary N) is 1. The zero-order chi connectivity index (χ0) is 13.2. The summed E-state index contributed by atoms with van der Waals surface area (Å²) in [6.45, 7) is 3.72. The van der Waals surface area contributed by atoms with Gasteiger partial charge in [-0.2, -0.15) is 0 Å². The number of nitrogens with zero attached hydrogens (tertiary/aromatic N) is 3. The first-order valence-electron chi connectivity index (χ1n) is 6.65.